The van der Waals surface area contributed by atoms with Crippen LogP contribution >= 0.6 is 0 Å². The van der Waals surface area contributed by atoms with Crippen LogP contribution in [0.3, 0.4) is 0 Å². The molecule has 3 nitrogen and oxygen atoms in total. The fourth-order valence-electron chi connectivity index (χ4n) is 3.50. The lowest BCUT2D eigenvalue weighted by Gasteiger charge is -2.24. The van der Waals surface area contributed by atoms with Gasteiger partial charge in [0.25, 0.3) is 0 Å². The van der Waals surface area contributed by atoms with Gasteiger partial charge in [-0.2, -0.15) is 0 Å². The maximum absolute atomic E-state index is 15.2. The predicted octanol–water partition coefficient (Wildman–Crippen LogP) is 4.51. The highest BCUT2D eigenvalue weighted by molar-refractivity contribution is 5.89. The monoisotopic (exact) mass is 329 g/mol. The third kappa shape index (κ3) is 2.36. The van der Waals surface area contributed by atoms with Gasteiger partial charge < -0.3 is 14.4 Å². The molecule has 0 aliphatic carbocycles. The first-order valence-electron chi connectivity index (χ1n) is 8.02. The van der Waals surface area contributed by atoms with Gasteiger partial charge in [0, 0.05) is 24.8 Å². The van der Waals surface area contributed by atoms with Crippen LogP contribution in [0.15, 0.2) is 42.5 Å². The Morgan fingerprint density at radius 3 is 2.42 bits per heavy atom. The van der Waals surface area contributed by atoms with Crippen molar-refractivity contribution in [1.82, 2.24) is 4.57 Å². The highest BCUT2D eigenvalue weighted by Gasteiger charge is 2.28. The van der Waals surface area contributed by atoms with Gasteiger partial charge in [0.15, 0.2) is 5.82 Å². The number of benzene rings is 2. The van der Waals surface area contributed by atoms with Crippen molar-refractivity contribution in [3.63, 3.8) is 0 Å². The molecule has 0 radical (unpaired) electrons. The smallest absolute Gasteiger partial charge is 0.156 e. The number of phenolic OH excluding ortho intramolecular Hbond substituents is 1. The van der Waals surface area contributed by atoms with Crippen molar-refractivity contribution >= 4 is 10.9 Å². The Balaban J connectivity index is 2.01. The molecule has 2 aromatic carbocycles. The van der Waals surface area contributed by atoms with Crippen LogP contribution in [-0.2, 0) is 4.74 Å². The number of nitrogens with zero attached hydrogens (tertiary/aromatic N) is 1. The molecule has 5 heteroatoms. The second-order valence-electron chi connectivity index (χ2n) is 6.07. The molecule has 124 valence electrons. The number of hydrogen-bond acceptors (Lipinski definition) is 2. The van der Waals surface area contributed by atoms with Gasteiger partial charge >= 0.3 is 0 Å². The second kappa shape index (κ2) is 5.91. The highest BCUT2D eigenvalue weighted by atomic mass is 19.1. The van der Waals surface area contributed by atoms with Gasteiger partial charge in [-0.05, 0) is 49.2 Å². The highest BCUT2D eigenvalue weighted by Crippen LogP contribution is 2.40. The van der Waals surface area contributed by atoms with Crippen molar-refractivity contribution in [2.45, 2.75) is 18.8 Å². The molecule has 1 N–H and O–H groups in total. The molecule has 3 aromatic rings. The van der Waals surface area contributed by atoms with E-state index in [2.05, 4.69) is 0 Å². The number of aromatic nitrogens is 1. The molecule has 0 spiro atoms. The summed E-state index contributed by atoms with van der Waals surface area (Å²) in [6, 6.07) is 10.9. The Morgan fingerprint density at radius 2 is 1.71 bits per heavy atom. The zero-order chi connectivity index (χ0) is 16.7. The second-order valence-corrected chi connectivity index (χ2v) is 6.07. The maximum Gasteiger partial charge on any atom is 0.156 e. The van der Waals surface area contributed by atoms with Crippen LogP contribution < -0.4 is 0 Å². The Bertz CT molecular complexity index is 881. The van der Waals surface area contributed by atoms with Gasteiger partial charge in [0.1, 0.15) is 11.6 Å². The van der Waals surface area contributed by atoms with E-state index in [1.165, 1.54) is 18.2 Å². The summed E-state index contributed by atoms with van der Waals surface area (Å²) < 4.78 is 35.7. The van der Waals surface area contributed by atoms with E-state index in [0.29, 0.717) is 30.1 Å². The molecule has 0 amide bonds. The van der Waals surface area contributed by atoms with E-state index in [1.807, 2.05) is 0 Å². The summed E-state index contributed by atoms with van der Waals surface area (Å²) in [4.78, 5) is 0. The summed E-state index contributed by atoms with van der Waals surface area (Å²) in [7, 11) is 0. The summed E-state index contributed by atoms with van der Waals surface area (Å²) in [6.45, 7) is 1.17. The first kappa shape index (κ1) is 15.1. The van der Waals surface area contributed by atoms with E-state index in [0.717, 1.165) is 12.8 Å². The fourth-order valence-corrected chi connectivity index (χ4v) is 3.50. The van der Waals surface area contributed by atoms with Gasteiger partial charge in [0.05, 0.1) is 16.6 Å². The minimum Gasteiger partial charge on any atom is -0.507 e. The molecule has 0 bridgehead atoms. The lowest BCUT2D eigenvalue weighted by Crippen LogP contribution is -2.17. The van der Waals surface area contributed by atoms with Crippen LogP contribution in [-0.4, -0.2) is 22.9 Å². The van der Waals surface area contributed by atoms with E-state index in [-0.39, 0.29) is 22.9 Å². The number of aromatic hydroxyl groups is 1. The number of fused-ring (bicyclic) bond motifs is 1. The topological polar surface area (TPSA) is 34.4 Å². The van der Waals surface area contributed by atoms with Gasteiger partial charge in [-0.25, -0.2) is 8.78 Å². The van der Waals surface area contributed by atoms with Crippen molar-refractivity contribution in [2.75, 3.05) is 13.2 Å². The van der Waals surface area contributed by atoms with Gasteiger partial charge in [-0.1, -0.05) is 6.07 Å². The van der Waals surface area contributed by atoms with E-state index in [9.17, 15) is 9.50 Å². The zero-order valence-electron chi connectivity index (χ0n) is 13.0. The summed E-state index contributed by atoms with van der Waals surface area (Å²) in [6.07, 6.45) is 1.43. The maximum atomic E-state index is 15.2. The Hall–Kier alpha value is -2.40. The average Bonchev–Trinajstić information content (AvgIpc) is 2.90. The molecule has 1 aliphatic rings. The Morgan fingerprint density at radius 1 is 1.00 bits per heavy atom. The summed E-state index contributed by atoms with van der Waals surface area (Å²) in [5, 5.41) is 10.4. The Kier molecular flexibility index (Phi) is 3.73. The minimum absolute atomic E-state index is 0.00407. The van der Waals surface area contributed by atoms with Gasteiger partial charge in [-0.3, -0.25) is 0 Å². The third-order valence-electron chi connectivity index (χ3n) is 4.64. The number of rotatable bonds is 2. The summed E-state index contributed by atoms with van der Waals surface area (Å²) in [5.41, 5.74) is 1.79. The van der Waals surface area contributed by atoms with E-state index >= 15 is 4.39 Å². The van der Waals surface area contributed by atoms with Gasteiger partial charge in [-0.15, -0.1) is 0 Å². The largest absolute Gasteiger partial charge is 0.507 e. The molecule has 1 fully saturated rings. The van der Waals surface area contributed by atoms with E-state index in [4.69, 9.17) is 4.74 Å². The molecule has 1 aliphatic heterocycles. The number of phenols is 1. The minimum atomic E-state index is -0.403. The van der Waals surface area contributed by atoms with Crippen LogP contribution in [0.4, 0.5) is 8.78 Å². The molecular weight excluding hydrogens is 312 g/mol. The van der Waals surface area contributed by atoms with Crippen LogP contribution in [0.25, 0.3) is 16.6 Å². The van der Waals surface area contributed by atoms with Crippen LogP contribution in [0.5, 0.6) is 5.75 Å². The lowest BCUT2D eigenvalue weighted by molar-refractivity contribution is 0.0835. The van der Waals surface area contributed by atoms with Crippen molar-refractivity contribution in [2.24, 2.45) is 0 Å². The zero-order valence-corrected chi connectivity index (χ0v) is 13.0. The summed E-state index contributed by atoms with van der Waals surface area (Å²) >= 11 is 0. The molecule has 24 heavy (non-hydrogen) atoms. The molecule has 1 saturated heterocycles. The number of ether oxygens (including phenoxy) is 1. The molecule has 2 heterocycles. The first-order chi connectivity index (χ1) is 11.7. The third-order valence-corrected chi connectivity index (χ3v) is 4.64. The average molecular weight is 329 g/mol. The van der Waals surface area contributed by atoms with Crippen LogP contribution in [0.1, 0.15) is 24.5 Å². The molecule has 0 atom stereocenters. The molecule has 1 aromatic heterocycles. The predicted molar refractivity (Wildman–Crippen MR) is 87.6 cm³/mol. The van der Waals surface area contributed by atoms with Crippen LogP contribution in [0, 0.1) is 11.6 Å². The molecular formula is C19H17F2NO2. The number of halogens is 2. The van der Waals surface area contributed by atoms with Crippen molar-refractivity contribution in [3.8, 4) is 11.4 Å². The fraction of sp³-hybridized carbons (Fsp3) is 0.263. The van der Waals surface area contributed by atoms with Gasteiger partial charge in [0.2, 0.25) is 0 Å². The SMILES string of the molecule is Oc1cccc2c1c(F)c(C1CCOCC1)n2-c1ccc(F)cc1. The molecule has 0 unspecified atom stereocenters. The number of hydrogen-bond donors (Lipinski definition) is 1. The normalized spacial score (nSPS) is 15.9. The van der Waals surface area contributed by atoms with Crippen molar-refractivity contribution in [3.05, 3.63) is 59.8 Å². The molecule has 0 saturated carbocycles. The summed E-state index contributed by atoms with van der Waals surface area (Å²) in [5.74, 6) is -0.833. The van der Waals surface area contributed by atoms with Crippen molar-refractivity contribution < 1.29 is 18.6 Å². The standard InChI is InChI=1S/C19H17F2NO2/c20-13-4-6-14(7-5-13)22-15-2-1-3-16(23)17(15)18(21)19(22)12-8-10-24-11-9-12/h1-7,12,23H,8-11H2. The quantitative estimate of drug-likeness (QED) is 0.751. The first-order valence-corrected chi connectivity index (χ1v) is 8.02. The van der Waals surface area contributed by atoms with E-state index < -0.39 is 5.82 Å². The van der Waals surface area contributed by atoms with E-state index in [1.54, 1.807) is 28.8 Å². The van der Waals surface area contributed by atoms with Crippen LogP contribution in [0.2, 0.25) is 0 Å². The Labute approximate surface area is 138 Å². The lowest BCUT2D eigenvalue weighted by atomic mass is 9.95. The molecule has 4 rings (SSSR count). The van der Waals surface area contributed by atoms with Crippen molar-refractivity contribution in [1.29, 1.82) is 0 Å².